The third kappa shape index (κ3) is 2.20. The van der Waals surface area contributed by atoms with E-state index in [4.69, 9.17) is 0 Å². The van der Waals surface area contributed by atoms with Gasteiger partial charge in [0.25, 0.3) is 0 Å². The van der Waals surface area contributed by atoms with Crippen molar-refractivity contribution in [1.29, 1.82) is 0 Å². The van der Waals surface area contributed by atoms with E-state index in [-0.39, 0.29) is 0 Å². The van der Waals surface area contributed by atoms with Gasteiger partial charge in [-0.1, -0.05) is 12.1 Å². The van der Waals surface area contributed by atoms with Gasteiger partial charge in [-0.2, -0.15) is 0 Å². The molecule has 0 unspecified atom stereocenters. The molecule has 3 rings (SSSR count). The number of nitrogens with zero attached hydrogens (tertiary/aromatic N) is 2. The summed E-state index contributed by atoms with van der Waals surface area (Å²) in [5.41, 5.74) is 1.69. The van der Waals surface area contributed by atoms with Crippen LogP contribution in [0.15, 0.2) is 29.6 Å². The molecule has 4 heteroatoms. The van der Waals surface area contributed by atoms with Crippen molar-refractivity contribution < 1.29 is 5.11 Å². The number of aromatic nitrogens is 1. The fourth-order valence-electron chi connectivity index (χ4n) is 2.31. The summed E-state index contributed by atoms with van der Waals surface area (Å²) in [7, 11) is 0. The molecular formula is C14H16N2OS. The predicted octanol–water partition coefficient (Wildman–Crippen LogP) is 3.51. The number of phenols is 1. The highest BCUT2D eigenvalue weighted by atomic mass is 32.1. The molecule has 0 bridgehead atoms. The molecular weight excluding hydrogens is 244 g/mol. The molecule has 1 N–H and O–H groups in total. The number of anilines is 1. The van der Waals surface area contributed by atoms with E-state index < -0.39 is 0 Å². The highest BCUT2D eigenvalue weighted by Crippen LogP contribution is 2.33. The highest BCUT2D eigenvalue weighted by Gasteiger charge is 2.15. The van der Waals surface area contributed by atoms with Crippen molar-refractivity contribution in [2.75, 3.05) is 18.0 Å². The molecule has 1 aliphatic rings. The highest BCUT2D eigenvalue weighted by molar-refractivity contribution is 7.14. The summed E-state index contributed by atoms with van der Waals surface area (Å²) in [6, 6.07) is 7.37. The second-order valence-corrected chi connectivity index (χ2v) is 5.42. The number of aromatic hydroxyl groups is 1. The van der Waals surface area contributed by atoms with E-state index in [1.54, 1.807) is 17.4 Å². The van der Waals surface area contributed by atoms with Gasteiger partial charge in [0.05, 0.1) is 5.69 Å². The van der Waals surface area contributed by atoms with Gasteiger partial charge in [0.2, 0.25) is 0 Å². The van der Waals surface area contributed by atoms with Crippen LogP contribution in [0.3, 0.4) is 0 Å². The fourth-order valence-corrected chi connectivity index (χ4v) is 3.19. The topological polar surface area (TPSA) is 36.4 Å². The number of hydrogen-bond acceptors (Lipinski definition) is 4. The Morgan fingerprint density at radius 3 is 2.67 bits per heavy atom. The molecule has 2 heterocycles. The maximum absolute atomic E-state index is 9.83. The van der Waals surface area contributed by atoms with E-state index in [1.807, 2.05) is 23.6 Å². The standard InChI is InChI=1S/C14H16N2OS/c17-13-7-3-2-6-11(13)12-10-18-14(15-12)16-8-4-1-5-9-16/h2-3,6-7,10,17H,1,4-5,8-9H2. The zero-order valence-corrected chi connectivity index (χ0v) is 11.0. The maximum atomic E-state index is 9.83. The van der Waals surface area contributed by atoms with Crippen molar-refractivity contribution >= 4 is 16.5 Å². The first-order chi connectivity index (χ1) is 8.84. The Kier molecular flexibility index (Phi) is 3.19. The third-order valence-corrected chi connectivity index (χ3v) is 4.20. The monoisotopic (exact) mass is 260 g/mol. The van der Waals surface area contributed by atoms with Crippen molar-refractivity contribution in [3.8, 4) is 17.0 Å². The average molecular weight is 260 g/mol. The van der Waals surface area contributed by atoms with Gasteiger partial charge in [0.1, 0.15) is 5.75 Å². The third-order valence-electron chi connectivity index (χ3n) is 3.30. The second-order valence-electron chi connectivity index (χ2n) is 4.58. The van der Waals surface area contributed by atoms with Gasteiger partial charge >= 0.3 is 0 Å². The van der Waals surface area contributed by atoms with Gasteiger partial charge in [-0.3, -0.25) is 0 Å². The van der Waals surface area contributed by atoms with Crippen LogP contribution < -0.4 is 4.90 Å². The summed E-state index contributed by atoms with van der Waals surface area (Å²) in [6.45, 7) is 2.21. The summed E-state index contributed by atoms with van der Waals surface area (Å²) in [5.74, 6) is 0.299. The Hall–Kier alpha value is -1.55. The number of thiazole rings is 1. The average Bonchev–Trinajstić information content (AvgIpc) is 2.90. The molecule has 0 saturated carbocycles. The fraction of sp³-hybridized carbons (Fsp3) is 0.357. The Labute approximate surface area is 111 Å². The zero-order valence-electron chi connectivity index (χ0n) is 10.2. The van der Waals surface area contributed by atoms with Crippen LogP contribution in [0.4, 0.5) is 5.13 Å². The van der Waals surface area contributed by atoms with Gasteiger partial charge in [0.15, 0.2) is 5.13 Å². The molecule has 0 amide bonds. The van der Waals surface area contributed by atoms with Crippen molar-refractivity contribution in [3.63, 3.8) is 0 Å². The lowest BCUT2D eigenvalue weighted by atomic mass is 10.1. The molecule has 1 aromatic heterocycles. The minimum Gasteiger partial charge on any atom is -0.507 e. The first-order valence-corrected chi connectivity index (χ1v) is 7.21. The van der Waals surface area contributed by atoms with Crippen molar-refractivity contribution in [1.82, 2.24) is 4.98 Å². The van der Waals surface area contributed by atoms with E-state index in [0.29, 0.717) is 5.75 Å². The van der Waals surface area contributed by atoms with Crippen molar-refractivity contribution in [3.05, 3.63) is 29.6 Å². The van der Waals surface area contributed by atoms with Crippen LogP contribution in [0.25, 0.3) is 11.3 Å². The maximum Gasteiger partial charge on any atom is 0.185 e. The lowest BCUT2D eigenvalue weighted by Gasteiger charge is -2.25. The van der Waals surface area contributed by atoms with E-state index in [0.717, 1.165) is 29.5 Å². The normalized spacial score (nSPS) is 15.9. The quantitative estimate of drug-likeness (QED) is 0.897. The summed E-state index contributed by atoms with van der Waals surface area (Å²) >= 11 is 1.66. The minimum absolute atomic E-state index is 0.299. The van der Waals surface area contributed by atoms with E-state index in [9.17, 15) is 5.11 Å². The molecule has 0 spiro atoms. The van der Waals surface area contributed by atoms with Crippen LogP contribution in [-0.2, 0) is 0 Å². The molecule has 3 nitrogen and oxygen atoms in total. The molecule has 1 aliphatic heterocycles. The lowest BCUT2D eigenvalue weighted by molar-refractivity contribution is 0.477. The molecule has 94 valence electrons. The number of benzene rings is 1. The van der Waals surface area contributed by atoms with E-state index in [2.05, 4.69) is 9.88 Å². The SMILES string of the molecule is Oc1ccccc1-c1csc(N2CCCCC2)n1. The van der Waals surface area contributed by atoms with Crippen LogP contribution in [0.5, 0.6) is 5.75 Å². The minimum atomic E-state index is 0.299. The molecule has 0 atom stereocenters. The summed E-state index contributed by atoms with van der Waals surface area (Å²) in [6.07, 6.45) is 3.84. The van der Waals surface area contributed by atoms with Gasteiger partial charge in [-0.15, -0.1) is 11.3 Å². The number of para-hydroxylation sites is 1. The molecule has 18 heavy (non-hydrogen) atoms. The summed E-state index contributed by atoms with van der Waals surface area (Å²) < 4.78 is 0. The smallest absolute Gasteiger partial charge is 0.185 e. The van der Waals surface area contributed by atoms with Gasteiger partial charge in [0, 0.05) is 24.0 Å². The summed E-state index contributed by atoms with van der Waals surface area (Å²) in [5, 5.41) is 12.9. The summed E-state index contributed by atoms with van der Waals surface area (Å²) in [4.78, 5) is 6.99. The molecule has 1 fully saturated rings. The number of phenolic OH excluding ortho intramolecular Hbond substituents is 1. The number of rotatable bonds is 2. The molecule has 0 radical (unpaired) electrons. The number of hydrogen-bond donors (Lipinski definition) is 1. The lowest BCUT2D eigenvalue weighted by Crippen LogP contribution is -2.29. The predicted molar refractivity (Wildman–Crippen MR) is 75.3 cm³/mol. The Balaban J connectivity index is 1.87. The molecule has 0 aliphatic carbocycles. The Morgan fingerprint density at radius 1 is 1.11 bits per heavy atom. The van der Waals surface area contributed by atoms with Gasteiger partial charge in [-0.25, -0.2) is 4.98 Å². The van der Waals surface area contributed by atoms with Gasteiger partial charge < -0.3 is 10.0 Å². The zero-order chi connectivity index (χ0) is 12.4. The Morgan fingerprint density at radius 2 is 1.89 bits per heavy atom. The molecule has 2 aromatic rings. The first kappa shape index (κ1) is 11.5. The van der Waals surface area contributed by atoms with Gasteiger partial charge in [-0.05, 0) is 31.4 Å². The first-order valence-electron chi connectivity index (χ1n) is 6.33. The van der Waals surface area contributed by atoms with E-state index in [1.165, 1.54) is 19.3 Å². The van der Waals surface area contributed by atoms with Crippen LogP contribution in [-0.4, -0.2) is 23.2 Å². The van der Waals surface area contributed by atoms with Crippen LogP contribution in [0, 0.1) is 0 Å². The largest absolute Gasteiger partial charge is 0.507 e. The number of piperidine rings is 1. The van der Waals surface area contributed by atoms with Crippen LogP contribution in [0.2, 0.25) is 0 Å². The van der Waals surface area contributed by atoms with Crippen molar-refractivity contribution in [2.24, 2.45) is 0 Å². The van der Waals surface area contributed by atoms with E-state index >= 15 is 0 Å². The van der Waals surface area contributed by atoms with Crippen LogP contribution >= 0.6 is 11.3 Å². The van der Waals surface area contributed by atoms with Crippen LogP contribution in [0.1, 0.15) is 19.3 Å². The van der Waals surface area contributed by atoms with Crippen molar-refractivity contribution in [2.45, 2.75) is 19.3 Å². The molecule has 1 saturated heterocycles. The molecule has 1 aromatic carbocycles. The second kappa shape index (κ2) is 4.98. The Bertz CT molecular complexity index is 532.